The maximum atomic E-state index is 13.9. The van der Waals surface area contributed by atoms with E-state index in [4.69, 9.17) is 11.6 Å². The van der Waals surface area contributed by atoms with Gasteiger partial charge in [-0.3, -0.25) is 9.59 Å². The van der Waals surface area contributed by atoms with Crippen LogP contribution in [0.3, 0.4) is 0 Å². The molecule has 0 bridgehead atoms. The number of amides is 2. The molecule has 1 N–H and O–H groups in total. The Kier molecular flexibility index (Phi) is 6.39. The molecule has 0 aliphatic carbocycles. The van der Waals surface area contributed by atoms with Gasteiger partial charge in [-0.25, -0.2) is 4.39 Å². The van der Waals surface area contributed by atoms with Crippen LogP contribution in [-0.2, 0) is 4.79 Å². The van der Waals surface area contributed by atoms with Gasteiger partial charge >= 0.3 is 0 Å². The summed E-state index contributed by atoms with van der Waals surface area (Å²) in [6, 6.07) is 4.10. The van der Waals surface area contributed by atoms with Crippen LogP contribution in [-0.4, -0.2) is 36.3 Å². The molecule has 2 amide bonds. The predicted molar refractivity (Wildman–Crippen MR) is 88.0 cm³/mol. The summed E-state index contributed by atoms with van der Waals surface area (Å²) in [4.78, 5) is 25.7. The molecule has 0 saturated carbocycles. The predicted octanol–water partition coefficient (Wildman–Crippen LogP) is 3.25. The van der Waals surface area contributed by atoms with Gasteiger partial charge in [0.1, 0.15) is 5.82 Å². The molecule has 1 saturated heterocycles. The van der Waals surface area contributed by atoms with Gasteiger partial charge in [-0.05, 0) is 43.4 Å². The summed E-state index contributed by atoms with van der Waals surface area (Å²) in [6.07, 6.45) is 3.15. The molecule has 23 heavy (non-hydrogen) atoms. The molecule has 0 aromatic heterocycles. The maximum Gasteiger partial charge on any atom is 0.256 e. The highest BCUT2D eigenvalue weighted by molar-refractivity contribution is 6.30. The number of halogens is 2. The van der Waals surface area contributed by atoms with E-state index < -0.39 is 5.82 Å². The van der Waals surface area contributed by atoms with Crippen molar-refractivity contribution in [3.63, 3.8) is 0 Å². The Morgan fingerprint density at radius 1 is 1.43 bits per heavy atom. The highest BCUT2D eigenvalue weighted by Crippen LogP contribution is 2.21. The van der Waals surface area contributed by atoms with Crippen LogP contribution in [0.1, 0.15) is 43.0 Å². The lowest BCUT2D eigenvalue weighted by atomic mass is 9.97. The number of carbonyl (C=O) groups is 2. The zero-order valence-electron chi connectivity index (χ0n) is 13.3. The van der Waals surface area contributed by atoms with Gasteiger partial charge in [-0.1, -0.05) is 18.5 Å². The molecular weight excluding hydrogens is 319 g/mol. The first-order valence-electron chi connectivity index (χ1n) is 8.02. The molecule has 126 valence electrons. The first-order valence-corrected chi connectivity index (χ1v) is 8.40. The van der Waals surface area contributed by atoms with Crippen molar-refractivity contribution in [2.24, 2.45) is 5.92 Å². The monoisotopic (exact) mass is 340 g/mol. The fraction of sp³-hybridized carbons (Fsp3) is 0.529. The average Bonchev–Trinajstić information content (AvgIpc) is 2.53. The zero-order valence-corrected chi connectivity index (χ0v) is 14.0. The molecule has 2 rings (SSSR count). The SMILES string of the molecule is CCCC(=O)NC[C@H]1CCCN(C(=O)c2ccc(Cl)cc2F)C1. The van der Waals surface area contributed by atoms with Crippen molar-refractivity contribution in [1.29, 1.82) is 0 Å². The first kappa shape index (κ1) is 17.7. The van der Waals surface area contributed by atoms with Crippen LogP contribution in [0.2, 0.25) is 5.02 Å². The molecule has 1 aliphatic rings. The highest BCUT2D eigenvalue weighted by atomic mass is 35.5. The molecular formula is C17H22ClFN2O2. The number of rotatable bonds is 5. The van der Waals surface area contributed by atoms with Crippen molar-refractivity contribution in [3.8, 4) is 0 Å². The summed E-state index contributed by atoms with van der Waals surface area (Å²) in [6.45, 7) is 3.67. The third-order valence-electron chi connectivity index (χ3n) is 4.03. The third-order valence-corrected chi connectivity index (χ3v) is 4.27. The van der Waals surface area contributed by atoms with Gasteiger partial charge in [0.05, 0.1) is 5.56 Å². The van der Waals surface area contributed by atoms with E-state index in [2.05, 4.69) is 5.32 Å². The molecule has 1 aliphatic heterocycles. The van der Waals surface area contributed by atoms with Crippen LogP contribution < -0.4 is 5.32 Å². The second-order valence-electron chi connectivity index (χ2n) is 5.94. The lowest BCUT2D eigenvalue weighted by Crippen LogP contribution is -2.43. The molecule has 0 unspecified atom stereocenters. The number of benzene rings is 1. The van der Waals surface area contributed by atoms with Gasteiger partial charge in [-0.2, -0.15) is 0 Å². The fourth-order valence-electron chi connectivity index (χ4n) is 2.82. The fourth-order valence-corrected chi connectivity index (χ4v) is 2.98. The van der Waals surface area contributed by atoms with E-state index in [0.29, 0.717) is 26.1 Å². The minimum atomic E-state index is -0.596. The first-order chi connectivity index (χ1) is 11.0. The van der Waals surface area contributed by atoms with Crippen molar-refractivity contribution in [2.45, 2.75) is 32.6 Å². The number of nitrogens with zero attached hydrogens (tertiary/aromatic N) is 1. The standard InChI is InChI=1S/C17H22ClFN2O2/c1-2-4-16(22)20-10-12-5-3-8-21(11-12)17(23)14-7-6-13(18)9-15(14)19/h6-7,9,12H,2-5,8,10-11H2,1H3,(H,20,22)/t12-/m1/s1. The summed E-state index contributed by atoms with van der Waals surface area (Å²) >= 11 is 5.72. The van der Waals surface area contributed by atoms with Crippen LogP contribution in [0.25, 0.3) is 0 Å². The van der Waals surface area contributed by atoms with Gasteiger partial charge in [-0.15, -0.1) is 0 Å². The Labute approximate surface area is 141 Å². The number of nitrogens with one attached hydrogen (secondary N) is 1. The number of carbonyl (C=O) groups excluding carboxylic acids is 2. The van der Waals surface area contributed by atoms with Gasteiger partial charge < -0.3 is 10.2 Å². The van der Waals surface area contributed by atoms with E-state index in [1.54, 1.807) is 4.90 Å². The van der Waals surface area contributed by atoms with Gasteiger partial charge in [0.25, 0.3) is 5.91 Å². The molecule has 1 heterocycles. The summed E-state index contributed by atoms with van der Waals surface area (Å²) in [7, 11) is 0. The maximum absolute atomic E-state index is 13.9. The minimum absolute atomic E-state index is 0.0414. The van der Waals surface area contributed by atoms with E-state index in [-0.39, 0.29) is 28.3 Å². The second-order valence-corrected chi connectivity index (χ2v) is 6.37. The number of likely N-dealkylation sites (tertiary alicyclic amines) is 1. The van der Waals surface area contributed by atoms with Crippen molar-refractivity contribution in [1.82, 2.24) is 10.2 Å². The number of piperidine rings is 1. The summed E-state index contributed by atoms with van der Waals surface area (Å²) < 4.78 is 13.9. The Morgan fingerprint density at radius 3 is 2.91 bits per heavy atom. The van der Waals surface area contributed by atoms with Gasteiger partial charge in [0, 0.05) is 31.1 Å². The zero-order chi connectivity index (χ0) is 16.8. The van der Waals surface area contributed by atoms with E-state index in [9.17, 15) is 14.0 Å². The van der Waals surface area contributed by atoms with Crippen LogP contribution in [0.15, 0.2) is 18.2 Å². The number of hydrogen-bond donors (Lipinski definition) is 1. The molecule has 1 fully saturated rings. The Balaban J connectivity index is 1.95. The lowest BCUT2D eigenvalue weighted by molar-refractivity contribution is -0.121. The van der Waals surface area contributed by atoms with E-state index in [1.165, 1.54) is 12.1 Å². The Morgan fingerprint density at radius 2 is 2.22 bits per heavy atom. The molecule has 1 aromatic carbocycles. The van der Waals surface area contributed by atoms with Crippen LogP contribution >= 0.6 is 11.6 Å². The van der Waals surface area contributed by atoms with E-state index >= 15 is 0 Å². The van der Waals surface area contributed by atoms with E-state index in [1.807, 2.05) is 6.92 Å². The smallest absolute Gasteiger partial charge is 0.256 e. The topological polar surface area (TPSA) is 49.4 Å². The quantitative estimate of drug-likeness (QED) is 0.894. The van der Waals surface area contributed by atoms with E-state index in [0.717, 1.165) is 25.3 Å². The largest absolute Gasteiger partial charge is 0.356 e. The third kappa shape index (κ3) is 4.93. The summed E-state index contributed by atoms with van der Waals surface area (Å²) in [5, 5.41) is 3.18. The molecule has 6 heteroatoms. The highest BCUT2D eigenvalue weighted by Gasteiger charge is 2.26. The molecule has 0 radical (unpaired) electrons. The molecule has 1 aromatic rings. The van der Waals surface area contributed by atoms with Gasteiger partial charge in [0.2, 0.25) is 5.91 Å². The lowest BCUT2D eigenvalue weighted by Gasteiger charge is -2.33. The van der Waals surface area contributed by atoms with Crippen molar-refractivity contribution in [3.05, 3.63) is 34.6 Å². The van der Waals surface area contributed by atoms with Gasteiger partial charge in [0.15, 0.2) is 0 Å². The molecule has 4 nitrogen and oxygen atoms in total. The van der Waals surface area contributed by atoms with Crippen molar-refractivity contribution < 1.29 is 14.0 Å². The van der Waals surface area contributed by atoms with Crippen LogP contribution in [0, 0.1) is 11.7 Å². The summed E-state index contributed by atoms with van der Waals surface area (Å²) in [5.74, 6) is -0.659. The Bertz CT molecular complexity index is 580. The minimum Gasteiger partial charge on any atom is -0.356 e. The normalized spacial score (nSPS) is 17.9. The second kappa shape index (κ2) is 8.29. The van der Waals surface area contributed by atoms with Crippen molar-refractivity contribution >= 4 is 23.4 Å². The summed E-state index contributed by atoms with van der Waals surface area (Å²) in [5.41, 5.74) is 0.0464. The number of hydrogen-bond acceptors (Lipinski definition) is 2. The van der Waals surface area contributed by atoms with Crippen LogP contribution in [0.4, 0.5) is 4.39 Å². The average molecular weight is 341 g/mol. The van der Waals surface area contributed by atoms with Crippen LogP contribution in [0.5, 0.6) is 0 Å². The van der Waals surface area contributed by atoms with Crippen molar-refractivity contribution in [2.75, 3.05) is 19.6 Å². The molecule has 1 atom stereocenters. The molecule has 0 spiro atoms. The Hall–Kier alpha value is -1.62.